The van der Waals surface area contributed by atoms with Crippen LogP contribution in [0.5, 0.6) is 0 Å². The first-order valence-electron chi connectivity index (χ1n) is 4.45. The van der Waals surface area contributed by atoms with E-state index in [-0.39, 0.29) is 4.90 Å². The van der Waals surface area contributed by atoms with Gasteiger partial charge in [-0.25, -0.2) is 0 Å². The first kappa shape index (κ1) is 12.0. The summed E-state index contributed by atoms with van der Waals surface area (Å²) < 4.78 is 26.7. The Morgan fingerprint density at radius 2 is 2.13 bits per heavy atom. The summed E-state index contributed by atoms with van der Waals surface area (Å²) in [4.78, 5) is 0.254. The smallest absolute Gasteiger partial charge is 0.199 e. The molecule has 3 nitrogen and oxygen atoms in total. The molecule has 0 aliphatic heterocycles. The molecule has 1 rings (SSSR count). The van der Waals surface area contributed by atoms with E-state index in [1.165, 1.54) is 0 Å². The van der Waals surface area contributed by atoms with E-state index in [0.717, 1.165) is 5.56 Å². The average Bonchev–Trinajstić information content (AvgIpc) is 2.16. The van der Waals surface area contributed by atoms with Crippen LogP contribution >= 0.6 is 12.2 Å². The lowest BCUT2D eigenvalue weighted by atomic mass is 10.1. The second kappa shape index (κ2) is 4.66. The van der Waals surface area contributed by atoms with Crippen molar-refractivity contribution in [3.05, 3.63) is 29.3 Å². The zero-order valence-electron chi connectivity index (χ0n) is 8.52. The highest BCUT2D eigenvalue weighted by Crippen LogP contribution is 2.22. The minimum absolute atomic E-state index is 0.254. The molecule has 80 valence electrons. The van der Waals surface area contributed by atoms with E-state index in [1.807, 2.05) is 18.2 Å². The third-order valence-corrected chi connectivity index (χ3v) is 3.73. The van der Waals surface area contributed by atoms with Crippen molar-refractivity contribution in [2.45, 2.75) is 25.2 Å². The molecule has 0 N–H and O–H groups in total. The van der Waals surface area contributed by atoms with Gasteiger partial charge < -0.3 is 0 Å². The Hall–Kier alpha value is -1.03. The molecule has 0 bridgehead atoms. The zero-order chi connectivity index (χ0) is 11.5. The molecule has 0 amide bonds. The highest BCUT2D eigenvalue weighted by Gasteiger charge is 2.18. The Kier molecular flexibility index (Phi) is 3.74. The van der Waals surface area contributed by atoms with E-state index in [1.54, 1.807) is 19.1 Å². The summed E-state index contributed by atoms with van der Waals surface area (Å²) in [7, 11) is -3.67. The maximum atomic E-state index is 11.7. The topological polar surface area (TPSA) is 46.5 Å². The standard InChI is InChI=1S/C10H11NO2S2/c1-3-9-6-4-5-8(2)10(9)15(12,13)11-7-14/h4-6H,3H2,1-2H3. The van der Waals surface area contributed by atoms with Crippen molar-refractivity contribution in [3.63, 3.8) is 0 Å². The number of hydrogen-bond donors (Lipinski definition) is 0. The fourth-order valence-electron chi connectivity index (χ4n) is 1.46. The molecule has 0 aromatic heterocycles. The highest BCUT2D eigenvalue weighted by atomic mass is 32.2. The van der Waals surface area contributed by atoms with E-state index >= 15 is 0 Å². The van der Waals surface area contributed by atoms with Crippen LogP contribution in [-0.2, 0) is 16.4 Å². The molecule has 1 aromatic carbocycles. The van der Waals surface area contributed by atoms with E-state index in [0.29, 0.717) is 12.0 Å². The van der Waals surface area contributed by atoms with Gasteiger partial charge >= 0.3 is 0 Å². The molecule has 0 radical (unpaired) electrons. The van der Waals surface area contributed by atoms with E-state index < -0.39 is 10.0 Å². The summed E-state index contributed by atoms with van der Waals surface area (Å²) in [6, 6.07) is 5.35. The molecule has 0 spiro atoms. The van der Waals surface area contributed by atoms with Gasteiger partial charge in [0.25, 0.3) is 10.0 Å². The molecule has 5 heteroatoms. The Bertz CT molecular complexity index is 514. The van der Waals surface area contributed by atoms with Gasteiger partial charge in [-0.05, 0) is 36.7 Å². The van der Waals surface area contributed by atoms with Gasteiger partial charge in [0.15, 0.2) is 0 Å². The largest absolute Gasteiger partial charge is 0.291 e. The number of sulfonamides is 1. The van der Waals surface area contributed by atoms with Crippen molar-refractivity contribution in [3.8, 4) is 0 Å². The Labute approximate surface area is 94.9 Å². The number of rotatable bonds is 3. The van der Waals surface area contributed by atoms with Crippen LogP contribution in [0.4, 0.5) is 0 Å². The molecule has 1 aromatic rings. The number of benzene rings is 1. The van der Waals surface area contributed by atoms with Crippen LogP contribution in [0.2, 0.25) is 0 Å². The third kappa shape index (κ3) is 2.50. The fourth-order valence-corrected chi connectivity index (χ4v) is 2.96. The van der Waals surface area contributed by atoms with E-state index in [2.05, 4.69) is 16.6 Å². The number of nitrogens with zero attached hydrogens (tertiary/aromatic N) is 1. The molecule has 15 heavy (non-hydrogen) atoms. The van der Waals surface area contributed by atoms with Gasteiger partial charge in [-0.1, -0.05) is 25.1 Å². The lowest BCUT2D eigenvalue weighted by Gasteiger charge is -2.07. The summed E-state index contributed by atoms with van der Waals surface area (Å²) in [5.41, 5.74) is 1.44. The number of isothiocyanates is 1. The van der Waals surface area contributed by atoms with Crippen molar-refractivity contribution >= 4 is 27.4 Å². The van der Waals surface area contributed by atoms with Crippen LogP contribution in [0.3, 0.4) is 0 Å². The van der Waals surface area contributed by atoms with Crippen molar-refractivity contribution in [1.29, 1.82) is 0 Å². The lowest BCUT2D eigenvalue weighted by Crippen LogP contribution is -2.03. The zero-order valence-corrected chi connectivity index (χ0v) is 10.2. The third-order valence-electron chi connectivity index (χ3n) is 2.09. The fraction of sp³-hybridized carbons (Fsp3) is 0.300. The Balaban J connectivity index is 3.55. The summed E-state index contributed by atoms with van der Waals surface area (Å²) >= 11 is 4.33. The van der Waals surface area contributed by atoms with Gasteiger partial charge in [0.2, 0.25) is 0 Å². The number of hydrogen-bond acceptors (Lipinski definition) is 3. The van der Waals surface area contributed by atoms with Crippen LogP contribution in [0.25, 0.3) is 0 Å². The summed E-state index contributed by atoms with van der Waals surface area (Å²) in [6.07, 6.45) is 0.642. The van der Waals surface area contributed by atoms with Crippen LogP contribution in [0.15, 0.2) is 27.5 Å². The predicted octanol–water partition coefficient (Wildman–Crippen LogP) is 2.35. The normalized spacial score (nSPS) is 10.8. The van der Waals surface area contributed by atoms with E-state index in [4.69, 9.17) is 0 Å². The molecule has 0 aliphatic rings. The quantitative estimate of drug-likeness (QED) is 0.603. The van der Waals surface area contributed by atoms with Gasteiger partial charge in [-0.2, -0.15) is 8.42 Å². The van der Waals surface area contributed by atoms with Gasteiger partial charge in [0.1, 0.15) is 0 Å². The van der Waals surface area contributed by atoms with Gasteiger partial charge in [0, 0.05) is 0 Å². The molecule has 0 atom stereocenters. The molecule has 0 unspecified atom stereocenters. The van der Waals surface area contributed by atoms with Crippen LogP contribution < -0.4 is 0 Å². The van der Waals surface area contributed by atoms with Gasteiger partial charge in [-0.3, -0.25) is 0 Å². The second-order valence-electron chi connectivity index (χ2n) is 3.07. The van der Waals surface area contributed by atoms with Crippen molar-refractivity contribution in [1.82, 2.24) is 0 Å². The summed E-state index contributed by atoms with van der Waals surface area (Å²) in [5.74, 6) is 0. The molecule has 0 heterocycles. The van der Waals surface area contributed by atoms with Crippen LogP contribution in [0, 0.1) is 6.92 Å². The molecule has 0 fully saturated rings. The molecular formula is C10H11NO2S2. The highest BCUT2D eigenvalue weighted by molar-refractivity contribution is 7.91. The minimum Gasteiger partial charge on any atom is -0.199 e. The lowest BCUT2D eigenvalue weighted by molar-refractivity contribution is 0.596. The summed E-state index contributed by atoms with van der Waals surface area (Å²) in [5, 5.41) is 1.91. The number of aryl methyl sites for hydroxylation is 2. The summed E-state index contributed by atoms with van der Waals surface area (Å²) in [6.45, 7) is 3.64. The minimum atomic E-state index is -3.67. The predicted molar refractivity (Wildman–Crippen MR) is 62.8 cm³/mol. The first-order chi connectivity index (χ1) is 7.03. The maximum Gasteiger partial charge on any atom is 0.291 e. The second-order valence-corrected chi connectivity index (χ2v) is 4.80. The SMILES string of the molecule is CCc1cccc(C)c1S(=O)(=O)N=C=S. The first-order valence-corrected chi connectivity index (χ1v) is 6.30. The Morgan fingerprint density at radius 1 is 1.47 bits per heavy atom. The monoisotopic (exact) mass is 241 g/mol. The maximum absolute atomic E-state index is 11.7. The average molecular weight is 241 g/mol. The molecule has 0 aliphatic carbocycles. The van der Waals surface area contributed by atoms with E-state index in [9.17, 15) is 8.42 Å². The van der Waals surface area contributed by atoms with Crippen LogP contribution in [0.1, 0.15) is 18.1 Å². The molecule has 0 saturated carbocycles. The Morgan fingerprint density at radius 3 is 2.67 bits per heavy atom. The van der Waals surface area contributed by atoms with Crippen molar-refractivity contribution in [2.75, 3.05) is 0 Å². The van der Waals surface area contributed by atoms with Gasteiger partial charge in [0.05, 0.1) is 10.1 Å². The molecular weight excluding hydrogens is 230 g/mol. The van der Waals surface area contributed by atoms with Crippen molar-refractivity contribution < 1.29 is 8.42 Å². The van der Waals surface area contributed by atoms with Gasteiger partial charge in [-0.15, -0.1) is 4.40 Å². The van der Waals surface area contributed by atoms with Crippen molar-refractivity contribution in [2.24, 2.45) is 4.40 Å². The number of thiocarbonyl (C=S) groups is 1. The van der Waals surface area contributed by atoms with Crippen LogP contribution in [-0.4, -0.2) is 13.6 Å². The molecule has 0 saturated heterocycles.